The normalized spacial score (nSPS) is 24.4. The second-order valence-corrected chi connectivity index (χ2v) is 5.47. The van der Waals surface area contributed by atoms with Crippen LogP contribution in [0.4, 0.5) is 0 Å². The van der Waals surface area contributed by atoms with Crippen molar-refractivity contribution in [2.75, 3.05) is 13.1 Å². The van der Waals surface area contributed by atoms with Gasteiger partial charge in [-0.25, -0.2) is 4.98 Å². The standard InChI is InChI=1S/C13H19N5O2/c1-8-5-18(6-9(2)20-8)7-11-15-12-10(13(19)16-11)4-14-17(12)3/h4,8-9H,5-7H2,1-3H3,(H,15,16,19). The van der Waals surface area contributed by atoms with Gasteiger partial charge in [0.15, 0.2) is 5.65 Å². The van der Waals surface area contributed by atoms with Crippen molar-refractivity contribution in [2.45, 2.75) is 32.6 Å². The topological polar surface area (TPSA) is 76.0 Å². The van der Waals surface area contributed by atoms with Crippen molar-refractivity contribution in [1.29, 1.82) is 0 Å². The molecule has 1 fully saturated rings. The number of aryl methyl sites for hydroxylation is 1. The van der Waals surface area contributed by atoms with E-state index in [0.29, 0.717) is 23.4 Å². The van der Waals surface area contributed by atoms with Crippen molar-refractivity contribution < 1.29 is 4.74 Å². The summed E-state index contributed by atoms with van der Waals surface area (Å²) >= 11 is 0. The number of nitrogens with zero attached hydrogens (tertiary/aromatic N) is 4. The molecular weight excluding hydrogens is 258 g/mol. The molecule has 2 aromatic heterocycles. The maximum Gasteiger partial charge on any atom is 0.262 e. The summed E-state index contributed by atoms with van der Waals surface area (Å²) in [5.74, 6) is 0.674. The molecule has 7 heteroatoms. The fraction of sp³-hybridized carbons (Fsp3) is 0.615. The van der Waals surface area contributed by atoms with Crippen molar-refractivity contribution >= 4 is 11.0 Å². The number of rotatable bonds is 2. The molecule has 3 rings (SSSR count). The van der Waals surface area contributed by atoms with Crippen LogP contribution >= 0.6 is 0 Å². The number of hydrogen-bond acceptors (Lipinski definition) is 5. The molecule has 2 unspecified atom stereocenters. The van der Waals surface area contributed by atoms with Crippen LogP contribution in [0.25, 0.3) is 11.0 Å². The second kappa shape index (κ2) is 4.99. The lowest BCUT2D eigenvalue weighted by Gasteiger charge is -2.34. The van der Waals surface area contributed by atoms with Gasteiger partial charge >= 0.3 is 0 Å². The van der Waals surface area contributed by atoms with Gasteiger partial charge in [-0.15, -0.1) is 0 Å². The maximum atomic E-state index is 12.0. The number of ether oxygens (including phenoxy) is 1. The highest BCUT2D eigenvalue weighted by Crippen LogP contribution is 2.13. The summed E-state index contributed by atoms with van der Waals surface area (Å²) < 4.78 is 7.33. The highest BCUT2D eigenvalue weighted by atomic mass is 16.5. The van der Waals surface area contributed by atoms with Gasteiger partial charge < -0.3 is 9.72 Å². The fourth-order valence-electron chi connectivity index (χ4n) is 2.78. The Kier molecular flexibility index (Phi) is 3.31. The lowest BCUT2D eigenvalue weighted by Crippen LogP contribution is -2.45. The lowest BCUT2D eigenvalue weighted by molar-refractivity contribution is -0.0710. The van der Waals surface area contributed by atoms with Gasteiger partial charge in [-0.05, 0) is 13.8 Å². The number of aromatic nitrogens is 4. The Morgan fingerprint density at radius 3 is 2.80 bits per heavy atom. The molecule has 0 amide bonds. The molecule has 0 aliphatic carbocycles. The highest BCUT2D eigenvalue weighted by Gasteiger charge is 2.23. The zero-order chi connectivity index (χ0) is 14.3. The first-order valence-corrected chi connectivity index (χ1v) is 6.81. The average Bonchev–Trinajstić information content (AvgIpc) is 2.70. The molecule has 0 bridgehead atoms. The SMILES string of the molecule is CC1CN(Cc2nc3c(cnn3C)c(=O)[nH]2)CC(C)O1. The molecule has 2 aromatic rings. The van der Waals surface area contributed by atoms with Crippen molar-refractivity contribution in [1.82, 2.24) is 24.6 Å². The largest absolute Gasteiger partial charge is 0.373 e. The van der Waals surface area contributed by atoms with E-state index in [0.717, 1.165) is 13.1 Å². The van der Waals surface area contributed by atoms with Gasteiger partial charge in [0.1, 0.15) is 11.2 Å². The van der Waals surface area contributed by atoms with Crippen molar-refractivity contribution in [3.63, 3.8) is 0 Å². The summed E-state index contributed by atoms with van der Waals surface area (Å²) in [4.78, 5) is 21.6. The minimum atomic E-state index is -0.132. The number of morpholine rings is 1. The first kappa shape index (κ1) is 13.3. The molecule has 7 nitrogen and oxygen atoms in total. The maximum absolute atomic E-state index is 12.0. The van der Waals surface area contributed by atoms with Crippen molar-refractivity contribution in [3.05, 3.63) is 22.4 Å². The van der Waals surface area contributed by atoms with Gasteiger partial charge in [0.05, 0.1) is 24.9 Å². The van der Waals surface area contributed by atoms with E-state index in [1.807, 2.05) is 0 Å². The summed E-state index contributed by atoms with van der Waals surface area (Å²) in [5.41, 5.74) is 0.491. The predicted octanol–water partition coefficient (Wildman–Crippen LogP) is 0.266. The monoisotopic (exact) mass is 277 g/mol. The summed E-state index contributed by atoms with van der Waals surface area (Å²) in [6.07, 6.45) is 1.95. The Labute approximate surface area is 116 Å². The molecule has 0 aromatic carbocycles. The summed E-state index contributed by atoms with van der Waals surface area (Å²) in [6.45, 7) is 6.43. The average molecular weight is 277 g/mol. The summed E-state index contributed by atoms with van der Waals surface area (Å²) in [6, 6.07) is 0. The first-order chi connectivity index (χ1) is 9.52. The Balaban J connectivity index is 1.87. The van der Waals surface area contributed by atoms with Gasteiger partial charge in [-0.2, -0.15) is 5.10 Å². The zero-order valence-corrected chi connectivity index (χ0v) is 12.0. The van der Waals surface area contributed by atoms with Crippen LogP contribution in [-0.4, -0.2) is 49.9 Å². The molecule has 3 heterocycles. The number of aromatic amines is 1. The lowest BCUT2D eigenvalue weighted by atomic mass is 10.2. The quantitative estimate of drug-likeness (QED) is 0.852. The highest BCUT2D eigenvalue weighted by molar-refractivity contribution is 5.72. The van der Waals surface area contributed by atoms with Crippen molar-refractivity contribution in [2.24, 2.45) is 7.05 Å². The van der Waals surface area contributed by atoms with Crippen LogP contribution in [0.1, 0.15) is 19.7 Å². The van der Waals surface area contributed by atoms with Crippen LogP contribution in [0.5, 0.6) is 0 Å². The Hall–Kier alpha value is -1.73. The molecule has 1 N–H and O–H groups in total. The molecule has 1 aliphatic rings. The van der Waals surface area contributed by atoms with E-state index in [-0.39, 0.29) is 17.8 Å². The van der Waals surface area contributed by atoms with Gasteiger partial charge in [-0.3, -0.25) is 14.4 Å². The third-order valence-corrected chi connectivity index (χ3v) is 3.52. The number of H-pyrrole nitrogens is 1. The fourth-order valence-corrected chi connectivity index (χ4v) is 2.78. The van der Waals surface area contributed by atoms with Crippen LogP contribution in [0.15, 0.2) is 11.0 Å². The Bertz CT molecular complexity index is 667. The third kappa shape index (κ3) is 2.46. The number of nitrogens with one attached hydrogen (secondary N) is 1. The van der Waals surface area contributed by atoms with E-state index in [2.05, 4.69) is 33.8 Å². The Morgan fingerprint density at radius 1 is 1.40 bits per heavy atom. The van der Waals surface area contributed by atoms with Gasteiger partial charge in [0.25, 0.3) is 5.56 Å². The summed E-state index contributed by atoms with van der Waals surface area (Å²) in [5, 5.41) is 4.60. The predicted molar refractivity (Wildman–Crippen MR) is 74.4 cm³/mol. The van der Waals surface area contributed by atoms with E-state index in [1.165, 1.54) is 0 Å². The van der Waals surface area contributed by atoms with E-state index >= 15 is 0 Å². The van der Waals surface area contributed by atoms with Gasteiger partial charge in [0, 0.05) is 20.1 Å². The van der Waals surface area contributed by atoms with E-state index in [1.54, 1.807) is 17.9 Å². The molecule has 2 atom stereocenters. The molecule has 1 saturated heterocycles. The van der Waals surface area contributed by atoms with Crippen molar-refractivity contribution in [3.8, 4) is 0 Å². The van der Waals surface area contributed by atoms with E-state index in [9.17, 15) is 4.79 Å². The van der Waals surface area contributed by atoms with Crippen LogP contribution in [0, 0.1) is 0 Å². The minimum Gasteiger partial charge on any atom is -0.373 e. The Morgan fingerprint density at radius 2 is 2.10 bits per heavy atom. The first-order valence-electron chi connectivity index (χ1n) is 6.81. The van der Waals surface area contributed by atoms with Gasteiger partial charge in [0.2, 0.25) is 0 Å². The van der Waals surface area contributed by atoms with E-state index in [4.69, 9.17) is 4.74 Å². The number of fused-ring (bicyclic) bond motifs is 1. The van der Waals surface area contributed by atoms with E-state index < -0.39 is 0 Å². The minimum absolute atomic E-state index is 0.132. The molecule has 20 heavy (non-hydrogen) atoms. The van der Waals surface area contributed by atoms with Crippen LogP contribution in [0.3, 0.4) is 0 Å². The zero-order valence-electron chi connectivity index (χ0n) is 12.0. The number of hydrogen-bond donors (Lipinski definition) is 1. The molecular formula is C13H19N5O2. The molecule has 0 spiro atoms. The third-order valence-electron chi connectivity index (χ3n) is 3.52. The summed E-state index contributed by atoms with van der Waals surface area (Å²) in [7, 11) is 1.79. The second-order valence-electron chi connectivity index (χ2n) is 5.47. The molecule has 1 aliphatic heterocycles. The van der Waals surface area contributed by atoms with Crippen LogP contribution in [0.2, 0.25) is 0 Å². The molecule has 0 saturated carbocycles. The van der Waals surface area contributed by atoms with Crippen LogP contribution < -0.4 is 5.56 Å². The van der Waals surface area contributed by atoms with Crippen LogP contribution in [-0.2, 0) is 18.3 Å². The molecule has 108 valence electrons. The van der Waals surface area contributed by atoms with Gasteiger partial charge in [-0.1, -0.05) is 0 Å². The smallest absolute Gasteiger partial charge is 0.262 e. The molecule has 0 radical (unpaired) electrons.